The van der Waals surface area contributed by atoms with Gasteiger partial charge in [-0.25, -0.2) is 9.24 Å². The van der Waals surface area contributed by atoms with Gasteiger partial charge in [-0.1, -0.05) is 49.7 Å². The average Bonchev–Trinajstić information content (AvgIpc) is 3.21. The Bertz CT molecular complexity index is 1410. The van der Waals surface area contributed by atoms with Crippen molar-refractivity contribution in [2.45, 2.75) is 46.0 Å². The molecule has 0 saturated carbocycles. The first kappa shape index (κ1) is 22.2. The third-order valence-corrected chi connectivity index (χ3v) is 6.11. The minimum absolute atomic E-state index is 0.309. The van der Waals surface area contributed by atoms with Crippen LogP contribution < -0.4 is 0 Å². The maximum atomic E-state index is 15.2. The second-order valence-electron chi connectivity index (χ2n) is 8.93. The largest absolute Gasteiger partial charge is 0.278 e. The van der Waals surface area contributed by atoms with Crippen molar-refractivity contribution in [3.63, 3.8) is 0 Å². The average molecular weight is 437 g/mol. The standard InChI is InChI=1S/C28H25FN4/c1-6-7-18-12-17(2)26(23(29)13-18)21-14-22-25(15-24(21)31-5)32-33-27(22)19-8-10-20(11-9-19)28(3,4)16-30/h8-15H,6-7H2,1-4H3,(H,32,33). The minimum atomic E-state index is -0.580. The predicted molar refractivity (Wildman–Crippen MR) is 131 cm³/mol. The number of aromatic amines is 1. The molecule has 0 unspecified atom stereocenters. The molecule has 164 valence electrons. The molecule has 3 aromatic carbocycles. The number of rotatable bonds is 5. The van der Waals surface area contributed by atoms with Gasteiger partial charge in [-0.15, -0.1) is 0 Å². The molecule has 0 fully saturated rings. The van der Waals surface area contributed by atoms with E-state index in [0.29, 0.717) is 16.8 Å². The highest BCUT2D eigenvalue weighted by atomic mass is 19.1. The fourth-order valence-corrected chi connectivity index (χ4v) is 4.26. The molecule has 0 aliphatic rings. The lowest BCUT2D eigenvalue weighted by molar-refractivity contribution is 0.627. The zero-order valence-corrected chi connectivity index (χ0v) is 19.3. The van der Waals surface area contributed by atoms with Crippen molar-refractivity contribution < 1.29 is 4.39 Å². The Morgan fingerprint density at radius 1 is 1.15 bits per heavy atom. The smallest absolute Gasteiger partial charge is 0.197 e. The van der Waals surface area contributed by atoms with Gasteiger partial charge in [-0.2, -0.15) is 10.4 Å². The van der Waals surface area contributed by atoms with Crippen molar-refractivity contribution in [1.29, 1.82) is 5.26 Å². The lowest BCUT2D eigenvalue weighted by atomic mass is 9.86. The fourth-order valence-electron chi connectivity index (χ4n) is 4.26. The molecule has 0 aliphatic carbocycles. The molecule has 0 atom stereocenters. The van der Waals surface area contributed by atoms with Crippen molar-refractivity contribution in [3.8, 4) is 28.5 Å². The van der Waals surface area contributed by atoms with Crippen molar-refractivity contribution in [2.75, 3.05) is 0 Å². The van der Waals surface area contributed by atoms with E-state index in [4.69, 9.17) is 6.57 Å². The van der Waals surface area contributed by atoms with Crippen LogP contribution in [0.5, 0.6) is 0 Å². The van der Waals surface area contributed by atoms with E-state index in [9.17, 15) is 5.26 Å². The summed E-state index contributed by atoms with van der Waals surface area (Å²) in [5.74, 6) is -0.309. The summed E-state index contributed by atoms with van der Waals surface area (Å²) in [6, 6.07) is 17.3. The molecule has 4 aromatic rings. The van der Waals surface area contributed by atoms with E-state index < -0.39 is 5.41 Å². The van der Waals surface area contributed by atoms with Gasteiger partial charge in [-0.05, 0) is 61.6 Å². The van der Waals surface area contributed by atoms with E-state index in [1.807, 2.05) is 57.2 Å². The summed E-state index contributed by atoms with van der Waals surface area (Å²) >= 11 is 0. The molecule has 0 radical (unpaired) electrons. The van der Waals surface area contributed by atoms with Gasteiger partial charge in [0.1, 0.15) is 5.82 Å². The van der Waals surface area contributed by atoms with Crippen LogP contribution in [0.1, 0.15) is 43.9 Å². The Labute approximate surface area is 193 Å². The molecule has 1 N–H and O–H groups in total. The first-order valence-electron chi connectivity index (χ1n) is 11.0. The Hall–Kier alpha value is -3.96. The highest BCUT2D eigenvalue weighted by Crippen LogP contribution is 2.40. The highest BCUT2D eigenvalue weighted by Gasteiger charge is 2.21. The topological polar surface area (TPSA) is 56.8 Å². The quantitative estimate of drug-likeness (QED) is 0.327. The molecule has 0 bridgehead atoms. The number of hydrogen-bond donors (Lipinski definition) is 1. The molecule has 1 aromatic heterocycles. The van der Waals surface area contributed by atoms with Gasteiger partial charge in [0.2, 0.25) is 0 Å². The SMILES string of the molecule is [C-]#[N+]c1cc2[nH]nc(-c3ccc(C(C)(C)C#N)cc3)c2cc1-c1c(C)cc(CCC)cc1F. The number of nitrogens with zero attached hydrogens (tertiary/aromatic N) is 3. The molecule has 0 spiro atoms. The Balaban J connectivity index is 1.87. The third-order valence-electron chi connectivity index (χ3n) is 6.11. The second kappa shape index (κ2) is 8.52. The first-order valence-corrected chi connectivity index (χ1v) is 11.0. The maximum Gasteiger partial charge on any atom is 0.197 e. The zero-order chi connectivity index (χ0) is 23.8. The summed E-state index contributed by atoms with van der Waals surface area (Å²) in [5.41, 5.74) is 5.87. The van der Waals surface area contributed by atoms with Gasteiger partial charge in [0, 0.05) is 16.5 Å². The molecular weight excluding hydrogens is 411 g/mol. The lowest BCUT2D eigenvalue weighted by Crippen LogP contribution is -2.13. The molecule has 4 nitrogen and oxygen atoms in total. The van der Waals surface area contributed by atoms with E-state index in [-0.39, 0.29) is 5.82 Å². The van der Waals surface area contributed by atoms with Crippen LogP contribution in [0.2, 0.25) is 0 Å². The lowest BCUT2D eigenvalue weighted by Gasteiger charge is -2.15. The Morgan fingerprint density at radius 2 is 1.88 bits per heavy atom. The van der Waals surface area contributed by atoms with Crippen LogP contribution in [0, 0.1) is 30.6 Å². The van der Waals surface area contributed by atoms with Crippen molar-refractivity contribution in [3.05, 3.63) is 82.5 Å². The monoisotopic (exact) mass is 436 g/mol. The summed E-state index contributed by atoms with van der Waals surface area (Å²) in [6.45, 7) is 15.4. The summed E-state index contributed by atoms with van der Waals surface area (Å²) in [4.78, 5) is 3.67. The second-order valence-corrected chi connectivity index (χ2v) is 8.93. The van der Waals surface area contributed by atoms with Crippen LogP contribution in [-0.4, -0.2) is 10.2 Å². The third kappa shape index (κ3) is 3.99. The van der Waals surface area contributed by atoms with Gasteiger partial charge in [0.15, 0.2) is 5.69 Å². The van der Waals surface area contributed by atoms with E-state index in [0.717, 1.165) is 51.7 Å². The number of benzene rings is 3. The first-order chi connectivity index (χ1) is 15.8. The van der Waals surface area contributed by atoms with Crippen LogP contribution in [0.4, 0.5) is 10.1 Å². The zero-order valence-electron chi connectivity index (χ0n) is 19.3. The number of aromatic nitrogens is 2. The van der Waals surface area contributed by atoms with E-state index >= 15 is 4.39 Å². The van der Waals surface area contributed by atoms with Gasteiger partial charge < -0.3 is 0 Å². The number of fused-ring (bicyclic) bond motifs is 1. The van der Waals surface area contributed by atoms with E-state index in [1.54, 1.807) is 12.1 Å². The highest BCUT2D eigenvalue weighted by molar-refractivity contribution is 6.00. The summed E-state index contributed by atoms with van der Waals surface area (Å²) in [5, 5.41) is 17.7. The molecule has 0 saturated heterocycles. The van der Waals surface area contributed by atoms with Crippen LogP contribution in [0.15, 0.2) is 48.5 Å². The van der Waals surface area contributed by atoms with Gasteiger partial charge >= 0.3 is 0 Å². The molecule has 33 heavy (non-hydrogen) atoms. The molecule has 5 heteroatoms. The van der Waals surface area contributed by atoms with Gasteiger partial charge in [0.05, 0.1) is 29.3 Å². The predicted octanol–water partition coefficient (Wildman–Crippen LogP) is 7.65. The van der Waals surface area contributed by atoms with Crippen molar-refractivity contribution >= 4 is 16.6 Å². The Kier molecular flexibility index (Phi) is 5.75. The van der Waals surface area contributed by atoms with Crippen LogP contribution in [0.3, 0.4) is 0 Å². The maximum absolute atomic E-state index is 15.2. The summed E-state index contributed by atoms with van der Waals surface area (Å²) in [6.07, 6.45) is 1.76. The van der Waals surface area contributed by atoms with Crippen LogP contribution in [-0.2, 0) is 11.8 Å². The molecule has 4 rings (SSSR count). The molecule has 0 aliphatic heterocycles. The van der Waals surface area contributed by atoms with E-state index in [1.165, 1.54) is 0 Å². The van der Waals surface area contributed by atoms with Crippen molar-refractivity contribution in [2.24, 2.45) is 0 Å². The fraction of sp³-hybridized carbons (Fsp3) is 0.250. The number of halogens is 1. The number of nitrogens with one attached hydrogen (secondary N) is 1. The van der Waals surface area contributed by atoms with Crippen LogP contribution >= 0.6 is 0 Å². The number of nitriles is 1. The number of H-pyrrole nitrogens is 1. The number of hydrogen-bond acceptors (Lipinski definition) is 2. The van der Waals surface area contributed by atoms with Crippen LogP contribution in [0.25, 0.3) is 38.1 Å². The summed E-state index contributed by atoms with van der Waals surface area (Å²) in [7, 11) is 0. The van der Waals surface area contributed by atoms with Crippen molar-refractivity contribution in [1.82, 2.24) is 10.2 Å². The van der Waals surface area contributed by atoms with E-state index in [2.05, 4.69) is 28.0 Å². The van der Waals surface area contributed by atoms with Gasteiger partial charge in [0.25, 0.3) is 0 Å². The Morgan fingerprint density at radius 3 is 2.48 bits per heavy atom. The molecule has 0 amide bonds. The van der Waals surface area contributed by atoms with Gasteiger partial charge in [-0.3, -0.25) is 5.10 Å². The summed E-state index contributed by atoms with van der Waals surface area (Å²) < 4.78 is 15.2. The minimum Gasteiger partial charge on any atom is -0.278 e. The number of aryl methyl sites for hydroxylation is 2. The molecule has 1 heterocycles. The normalized spacial score (nSPS) is 11.4. The molecular formula is C28H25FN4.